The van der Waals surface area contributed by atoms with E-state index in [1.807, 2.05) is 0 Å². The van der Waals surface area contributed by atoms with Crippen molar-refractivity contribution in [1.82, 2.24) is 0 Å². The maximum Gasteiger partial charge on any atom is 0.339 e. The quantitative estimate of drug-likeness (QED) is 0.396. The molecule has 0 radical (unpaired) electrons. The number of esters is 1. The minimum absolute atomic E-state index is 0.0562. The molecule has 0 N–H and O–H groups in total. The number of unbranched alkanes of at least 4 members (excludes halogenated alkanes) is 3. The number of halogens is 3. The van der Waals surface area contributed by atoms with Crippen molar-refractivity contribution in [3.63, 3.8) is 0 Å². The molecular weight excluding hydrogens is 359 g/mol. The molecule has 21 heavy (non-hydrogen) atoms. The van der Waals surface area contributed by atoms with E-state index in [1.165, 1.54) is 0 Å². The van der Waals surface area contributed by atoms with Crippen LogP contribution in [-0.2, 0) is 13.8 Å². The monoisotopic (exact) mass is 372 g/mol. The van der Waals surface area contributed by atoms with E-state index in [4.69, 9.17) is 38.6 Å². The maximum atomic E-state index is 11.9. The zero-order chi connectivity index (χ0) is 16.0. The molecular formula is C13H15Cl3O4S. The van der Waals surface area contributed by atoms with Crippen LogP contribution in [0.4, 0.5) is 0 Å². The van der Waals surface area contributed by atoms with Gasteiger partial charge in [0.05, 0.1) is 27.1 Å². The van der Waals surface area contributed by atoms with Gasteiger partial charge in [0.1, 0.15) is 0 Å². The number of benzene rings is 1. The Labute approximate surface area is 138 Å². The Morgan fingerprint density at radius 1 is 1.19 bits per heavy atom. The second-order valence-corrected chi connectivity index (χ2v) is 7.75. The van der Waals surface area contributed by atoms with E-state index >= 15 is 0 Å². The Morgan fingerprint density at radius 2 is 1.86 bits per heavy atom. The van der Waals surface area contributed by atoms with Crippen LogP contribution in [0.2, 0.25) is 10.0 Å². The number of carbonyl (C=O) groups is 1. The molecule has 118 valence electrons. The van der Waals surface area contributed by atoms with Crippen LogP contribution in [0.15, 0.2) is 17.0 Å². The van der Waals surface area contributed by atoms with Gasteiger partial charge in [-0.2, -0.15) is 0 Å². The molecule has 0 bridgehead atoms. The third-order valence-corrected chi connectivity index (χ3v) is 4.87. The number of ether oxygens (including phenoxy) is 1. The van der Waals surface area contributed by atoms with E-state index < -0.39 is 15.0 Å². The van der Waals surface area contributed by atoms with Gasteiger partial charge in [-0.25, -0.2) is 13.2 Å². The molecule has 0 aliphatic carbocycles. The van der Waals surface area contributed by atoms with E-state index in [2.05, 4.69) is 6.92 Å². The second-order valence-electron chi connectivity index (χ2n) is 4.40. The Bertz CT molecular complexity index is 614. The third-order valence-electron chi connectivity index (χ3n) is 2.73. The first-order valence-corrected chi connectivity index (χ1v) is 9.44. The summed E-state index contributed by atoms with van der Waals surface area (Å²) >= 11 is 11.7. The van der Waals surface area contributed by atoms with Crippen molar-refractivity contribution in [2.24, 2.45) is 0 Å². The van der Waals surface area contributed by atoms with Crippen LogP contribution < -0.4 is 0 Å². The molecule has 0 heterocycles. The summed E-state index contributed by atoms with van der Waals surface area (Å²) in [5.41, 5.74) is -0.112. The molecule has 1 aromatic carbocycles. The predicted octanol–water partition coefficient (Wildman–Crippen LogP) is 4.66. The van der Waals surface area contributed by atoms with Gasteiger partial charge in [-0.05, 0) is 18.6 Å². The lowest BCUT2D eigenvalue weighted by molar-refractivity contribution is 0.0497. The second kappa shape index (κ2) is 8.22. The Kier molecular flexibility index (Phi) is 7.27. The highest BCUT2D eigenvalue weighted by atomic mass is 35.7. The van der Waals surface area contributed by atoms with Gasteiger partial charge in [0.2, 0.25) is 0 Å². The van der Waals surface area contributed by atoms with Crippen molar-refractivity contribution in [1.29, 1.82) is 0 Å². The zero-order valence-corrected chi connectivity index (χ0v) is 14.4. The molecule has 0 saturated carbocycles. The Hall–Kier alpha value is -0.490. The highest BCUT2D eigenvalue weighted by Crippen LogP contribution is 2.31. The number of hydrogen-bond acceptors (Lipinski definition) is 4. The summed E-state index contributed by atoms with van der Waals surface area (Å²) in [5, 5.41) is -0.129. The minimum atomic E-state index is -4.01. The van der Waals surface area contributed by atoms with E-state index in [0.717, 1.165) is 37.8 Å². The SMILES string of the molecule is CCCCCCOC(=O)c1cc(S(=O)(=O)Cl)cc(Cl)c1Cl. The van der Waals surface area contributed by atoms with Gasteiger partial charge in [-0.15, -0.1) is 0 Å². The number of hydrogen-bond donors (Lipinski definition) is 0. The molecule has 0 atom stereocenters. The van der Waals surface area contributed by atoms with Gasteiger partial charge < -0.3 is 4.74 Å². The lowest BCUT2D eigenvalue weighted by Crippen LogP contribution is -2.08. The molecule has 0 aromatic heterocycles. The molecule has 0 unspecified atom stereocenters. The van der Waals surface area contributed by atoms with Gasteiger partial charge in [0, 0.05) is 10.7 Å². The summed E-state index contributed by atoms with van der Waals surface area (Å²) in [5.74, 6) is -0.722. The van der Waals surface area contributed by atoms with Crippen LogP contribution in [0.3, 0.4) is 0 Å². The Morgan fingerprint density at radius 3 is 2.43 bits per heavy atom. The smallest absolute Gasteiger partial charge is 0.339 e. The molecule has 0 aliphatic heterocycles. The van der Waals surface area contributed by atoms with Crippen LogP contribution in [0, 0.1) is 0 Å². The topological polar surface area (TPSA) is 60.4 Å². The van der Waals surface area contributed by atoms with Crippen LogP contribution in [0.25, 0.3) is 0 Å². The van der Waals surface area contributed by atoms with Crippen molar-refractivity contribution in [3.8, 4) is 0 Å². The van der Waals surface area contributed by atoms with Crippen LogP contribution in [-0.4, -0.2) is 21.0 Å². The normalized spacial score (nSPS) is 11.4. The first-order chi connectivity index (χ1) is 9.77. The molecule has 8 heteroatoms. The average molecular weight is 374 g/mol. The van der Waals surface area contributed by atoms with E-state index in [9.17, 15) is 13.2 Å². The summed E-state index contributed by atoms with van der Waals surface area (Å²) in [4.78, 5) is 11.6. The first kappa shape index (κ1) is 18.6. The van der Waals surface area contributed by atoms with Crippen LogP contribution >= 0.6 is 33.9 Å². The fourth-order valence-electron chi connectivity index (χ4n) is 1.62. The molecule has 1 aromatic rings. The summed E-state index contributed by atoms with van der Waals surface area (Å²) in [6.45, 7) is 2.32. The summed E-state index contributed by atoms with van der Waals surface area (Å²) in [7, 11) is 1.23. The van der Waals surface area contributed by atoms with Gasteiger partial charge in [-0.3, -0.25) is 0 Å². The van der Waals surface area contributed by atoms with Gasteiger partial charge in [-0.1, -0.05) is 49.4 Å². The van der Waals surface area contributed by atoms with E-state index in [1.54, 1.807) is 0 Å². The van der Waals surface area contributed by atoms with Crippen molar-refractivity contribution in [3.05, 3.63) is 27.7 Å². The molecule has 0 amide bonds. The van der Waals surface area contributed by atoms with Crippen molar-refractivity contribution >= 4 is 48.9 Å². The fourth-order valence-corrected chi connectivity index (χ4v) is 2.88. The standard InChI is InChI=1S/C13H15Cl3O4S/c1-2-3-4-5-6-20-13(17)10-7-9(21(16,18)19)8-11(14)12(10)15/h7-8H,2-6H2,1H3. The Balaban J connectivity index is 2.86. The number of carbonyl (C=O) groups excluding carboxylic acids is 1. The minimum Gasteiger partial charge on any atom is -0.462 e. The van der Waals surface area contributed by atoms with E-state index in [-0.39, 0.29) is 27.1 Å². The predicted molar refractivity (Wildman–Crippen MR) is 83.9 cm³/mol. The van der Waals surface area contributed by atoms with Gasteiger partial charge >= 0.3 is 5.97 Å². The molecule has 0 fully saturated rings. The zero-order valence-electron chi connectivity index (χ0n) is 11.4. The van der Waals surface area contributed by atoms with Gasteiger partial charge in [0.25, 0.3) is 9.05 Å². The molecule has 4 nitrogen and oxygen atoms in total. The van der Waals surface area contributed by atoms with Crippen molar-refractivity contribution in [2.45, 2.75) is 37.5 Å². The van der Waals surface area contributed by atoms with Gasteiger partial charge in [0.15, 0.2) is 0 Å². The first-order valence-electron chi connectivity index (χ1n) is 6.38. The van der Waals surface area contributed by atoms with Crippen LogP contribution in [0.1, 0.15) is 43.0 Å². The number of rotatable bonds is 7. The average Bonchev–Trinajstić information content (AvgIpc) is 2.40. The summed E-state index contributed by atoms with van der Waals surface area (Å²) in [6, 6.07) is 2.15. The largest absolute Gasteiger partial charge is 0.462 e. The lowest BCUT2D eigenvalue weighted by Gasteiger charge is -2.08. The molecule has 0 spiro atoms. The molecule has 1 rings (SSSR count). The maximum absolute atomic E-state index is 11.9. The lowest BCUT2D eigenvalue weighted by atomic mass is 10.2. The highest BCUT2D eigenvalue weighted by molar-refractivity contribution is 8.13. The van der Waals surface area contributed by atoms with Crippen LogP contribution in [0.5, 0.6) is 0 Å². The summed E-state index contributed by atoms with van der Waals surface area (Å²) in [6.07, 6.45) is 3.82. The van der Waals surface area contributed by atoms with E-state index in [0.29, 0.717) is 0 Å². The third kappa shape index (κ3) is 5.66. The molecule has 0 aliphatic rings. The highest BCUT2D eigenvalue weighted by Gasteiger charge is 2.20. The fraction of sp³-hybridized carbons (Fsp3) is 0.462. The van der Waals surface area contributed by atoms with Crippen molar-refractivity contribution in [2.75, 3.05) is 6.61 Å². The summed E-state index contributed by atoms with van der Waals surface area (Å²) < 4.78 is 27.7. The van der Waals surface area contributed by atoms with Crippen molar-refractivity contribution < 1.29 is 17.9 Å². The molecule has 0 saturated heterocycles.